The third-order valence-electron chi connectivity index (χ3n) is 4.77. The molecule has 1 saturated heterocycles. The average molecular weight is 362 g/mol. The van der Waals surface area contributed by atoms with E-state index in [1.807, 2.05) is 36.4 Å². The van der Waals surface area contributed by atoms with Gasteiger partial charge < -0.3 is 10.2 Å². The zero-order chi connectivity index (χ0) is 18.5. The van der Waals surface area contributed by atoms with Crippen molar-refractivity contribution >= 4 is 28.4 Å². The second-order valence-electron chi connectivity index (χ2n) is 6.56. The van der Waals surface area contributed by atoms with Crippen molar-refractivity contribution in [3.05, 3.63) is 55.0 Å². The van der Waals surface area contributed by atoms with E-state index in [2.05, 4.69) is 30.1 Å². The summed E-state index contributed by atoms with van der Waals surface area (Å²) in [4.78, 5) is 29.9. The van der Waals surface area contributed by atoms with Crippen LogP contribution in [0.4, 0.5) is 11.6 Å². The molecule has 0 aliphatic carbocycles. The van der Waals surface area contributed by atoms with Gasteiger partial charge in [-0.25, -0.2) is 9.97 Å². The first-order chi connectivity index (χ1) is 13.3. The number of anilines is 2. The van der Waals surface area contributed by atoms with E-state index in [0.717, 1.165) is 55.3 Å². The quantitative estimate of drug-likeness (QED) is 0.750. The number of piperazine rings is 1. The number of para-hydroxylation sites is 1. The van der Waals surface area contributed by atoms with Gasteiger partial charge in [-0.3, -0.25) is 14.7 Å². The van der Waals surface area contributed by atoms with Crippen molar-refractivity contribution in [2.75, 3.05) is 42.9 Å². The Morgan fingerprint density at radius 2 is 1.67 bits per heavy atom. The van der Waals surface area contributed by atoms with Crippen molar-refractivity contribution in [2.24, 2.45) is 0 Å². The number of nitrogens with one attached hydrogen (secondary N) is 1. The Hall–Kier alpha value is -3.06. The van der Waals surface area contributed by atoms with Crippen LogP contribution in [0.25, 0.3) is 10.9 Å². The van der Waals surface area contributed by atoms with Gasteiger partial charge in [0.25, 0.3) is 0 Å². The molecule has 1 aromatic carbocycles. The van der Waals surface area contributed by atoms with E-state index >= 15 is 0 Å². The summed E-state index contributed by atoms with van der Waals surface area (Å²) in [6.07, 6.45) is 5.74. The number of fused-ring (bicyclic) bond motifs is 1. The zero-order valence-corrected chi connectivity index (χ0v) is 15.1. The summed E-state index contributed by atoms with van der Waals surface area (Å²) in [5.41, 5.74) is 1.59. The van der Waals surface area contributed by atoms with Crippen LogP contribution >= 0.6 is 0 Å². The Morgan fingerprint density at radius 1 is 0.926 bits per heavy atom. The van der Waals surface area contributed by atoms with Crippen molar-refractivity contribution in [2.45, 2.75) is 6.42 Å². The molecular formula is C20H22N6O. The highest BCUT2D eigenvalue weighted by Gasteiger charge is 2.19. The highest BCUT2D eigenvalue weighted by molar-refractivity contribution is 6.00. The van der Waals surface area contributed by atoms with E-state index in [0.29, 0.717) is 6.42 Å². The van der Waals surface area contributed by atoms with E-state index < -0.39 is 0 Å². The molecule has 3 heterocycles. The second-order valence-corrected chi connectivity index (χ2v) is 6.56. The molecule has 0 unspecified atom stereocenters. The topological polar surface area (TPSA) is 74.2 Å². The molecule has 1 fully saturated rings. The van der Waals surface area contributed by atoms with Crippen LogP contribution in [0.5, 0.6) is 0 Å². The van der Waals surface area contributed by atoms with Gasteiger partial charge in [0.2, 0.25) is 11.9 Å². The van der Waals surface area contributed by atoms with Crippen molar-refractivity contribution in [1.29, 1.82) is 0 Å². The standard InChI is InChI=1S/C20H22N6O/c27-18(24-17-6-1-4-16-5-2-8-21-19(16)17)7-11-25-12-14-26(15-13-25)20-22-9-3-10-23-20/h1-6,8-10H,7,11-15H2,(H,24,27). The molecule has 1 aliphatic heterocycles. The number of aromatic nitrogens is 3. The number of hydrogen-bond acceptors (Lipinski definition) is 6. The molecule has 0 atom stereocenters. The first-order valence-electron chi connectivity index (χ1n) is 9.17. The van der Waals surface area contributed by atoms with Crippen molar-refractivity contribution in [3.8, 4) is 0 Å². The number of pyridine rings is 1. The highest BCUT2D eigenvalue weighted by Crippen LogP contribution is 2.20. The lowest BCUT2D eigenvalue weighted by molar-refractivity contribution is -0.116. The summed E-state index contributed by atoms with van der Waals surface area (Å²) in [6.45, 7) is 4.30. The molecule has 2 aromatic heterocycles. The van der Waals surface area contributed by atoms with Gasteiger partial charge in [0, 0.05) is 63.1 Å². The minimum absolute atomic E-state index is 0.0157. The van der Waals surface area contributed by atoms with Crippen LogP contribution in [0.1, 0.15) is 6.42 Å². The van der Waals surface area contributed by atoms with E-state index in [4.69, 9.17) is 0 Å². The largest absolute Gasteiger partial charge is 0.338 e. The molecule has 3 aromatic rings. The number of rotatable bonds is 5. The summed E-state index contributed by atoms with van der Waals surface area (Å²) in [6, 6.07) is 11.5. The maximum Gasteiger partial charge on any atom is 0.225 e. The maximum atomic E-state index is 12.4. The van der Waals surface area contributed by atoms with Gasteiger partial charge in [-0.05, 0) is 18.2 Å². The lowest BCUT2D eigenvalue weighted by Crippen LogP contribution is -2.47. The summed E-state index contributed by atoms with van der Waals surface area (Å²) in [7, 11) is 0. The Morgan fingerprint density at radius 3 is 2.48 bits per heavy atom. The molecule has 138 valence electrons. The Labute approximate surface area is 158 Å². The van der Waals surface area contributed by atoms with Crippen molar-refractivity contribution in [3.63, 3.8) is 0 Å². The molecular weight excluding hydrogens is 340 g/mol. The Bertz CT molecular complexity index is 903. The lowest BCUT2D eigenvalue weighted by Gasteiger charge is -2.34. The third kappa shape index (κ3) is 4.20. The fraction of sp³-hybridized carbons (Fsp3) is 0.300. The van der Waals surface area contributed by atoms with Crippen LogP contribution in [-0.4, -0.2) is 58.5 Å². The van der Waals surface area contributed by atoms with Gasteiger partial charge in [0.1, 0.15) is 0 Å². The molecule has 0 radical (unpaired) electrons. The summed E-state index contributed by atoms with van der Waals surface area (Å²) in [5, 5.41) is 4.02. The van der Waals surface area contributed by atoms with Crippen LogP contribution < -0.4 is 10.2 Å². The number of carbonyl (C=O) groups is 1. The number of carbonyl (C=O) groups excluding carboxylic acids is 1. The predicted molar refractivity (Wildman–Crippen MR) is 106 cm³/mol. The van der Waals surface area contributed by atoms with Gasteiger partial charge in [0.05, 0.1) is 11.2 Å². The molecule has 0 saturated carbocycles. The predicted octanol–water partition coefficient (Wildman–Crippen LogP) is 2.18. The Balaban J connectivity index is 1.28. The van der Waals surface area contributed by atoms with E-state index in [9.17, 15) is 4.79 Å². The lowest BCUT2D eigenvalue weighted by atomic mass is 10.2. The third-order valence-corrected chi connectivity index (χ3v) is 4.77. The first-order valence-corrected chi connectivity index (χ1v) is 9.17. The van der Waals surface area contributed by atoms with E-state index in [1.54, 1.807) is 18.6 Å². The number of nitrogens with zero attached hydrogens (tertiary/aromatic N) is 5. The molecule has 1 N–H and O–H groups in total. The van der Waals surface area contributed by atoms with Gasteiger partial charge in [-0.2, -0.15) is 0 Å². The smallest absolute Gasteiger partial charge is 0.225 e. The number of hydrogen-bond donors (Lipinski definition) is 1. The minimum Gasteiger partial charge on any atom is -0.338 e. The molecule has 27 heavy (non-hydrogen) atoms. The van der Waals surface area contributed by atoms with Crippen LogP contribution in [-0.2, 0) is 4.79 Å². The summed E-state index contributed by atoms with van der Waals surface area (Å²) >= 11 is 0. The molecule has 1 amide bonds. The molecule has 7 heteroatoms. The monoisotopic (exact) mass is 362 g/mol. The van der Waals surface area contributed by atoms with Crippen molar-refractivity contribution in [1.82, 2.24) is 19.9 Å². The average Bonchev–Trinajstić information content (AvgIpc) is 2.74. The summed E-state index contributed by atoms with van der Waals surface area (Å²) in [5.74, 6) is 0.792. The summed E-state index contributed by atoms with van der Waals surface area (Å²) < 4.78 is 0. The van der Waals surface area contributed by atoms with Gasteiger partial charge in [-0.15, -0.1) is 0 Å². The highest BCUT2D eigenvalue weighted by atomic mass is 16.1. The molecule has 0 spiro atoms. The molecule has 0 bridgehead atoms. The van der Waals surface area contributed by atoms with Gasteiger partial charge in [-0.1, -0.05) is 18.2 Å². The van der Waals surface area contributed by atoms with Crippen LogP contribution in [0, 0.1) is 0 Å². The maximum absolute atomic E-state index is 12.4. The molecule has 4 rings (SSSR count). The second kappa shape index (κ2) is 8.09. The first kappa shape index (κ1) is 17.4. The van der Waals surface area contributed by atoms with Gasteiger partial charge in [0.15, 0.2) is 0 Å². The Kier molecular flexibility index (Phi) is 5.20. The fourth-order valence-corrected chi connectivity index (χ4v) is 3.30. The number of benzene rings is 1. The molecule has 7 nitrogen and oxygen atoms in total. The SMILES string of the molecule is O=C(CCN1CCN(c2ncccn2)CC1)Nc1cccc2cccnc12. The van der Waals surface area contributed by atoms with Crippen LogP contribution in [0.3, 0.4) is 0 Å². The number of amides is 1. The van der Waals surface area contributed by atoms with Gasteiger partial charge >= 0.3 is 0 Å². The van der Waals surface area contributed by atoms with Crippen LogP contribution in [0.2, 0.25) is 0 Å². The van der Waals surface area contributed by atoms with E-state index in [1.165, 1.54) is 0 Å². The van der Waals surface area contributed by atoms with Crippen molar-refractivity contribution < 1.29 is 4.79 Å². The molecule has 1 aliphatic rings. The minimum atomic E-state index is 0.0157. The fourth-order valence-electron chi connectivity index (χ4n) is 3.30. The zero-order valence-electron chi connectivity index (χ0n) is 15.1. The van der Waals surface area contributed by atoms with E-state index in [-0.39, 0.29) is 5.91 Å². The van der Waals surface area contributed by atoms with Crippen LogP contribution in [0.15, 0.2) is 55.0 Å². The normalized spacial score (nSPS) is 15.0.